The molecule has 2 aliphatic rings. The lowest BCUT2D eigenvalue weighted by Crippen LogP contribution is -2.49. The summed E-state index contributed by atoms with van der Waals surface area (Å²) >= 11 is 0. The monoisotopic (exact) mass is 337 g/mol. The number of aliphatic hydroxyl groups is 1. The number of fused-ring (bicyclic) bond motifs is 2. The first-order valence-corrected chi connectivity index (χ1v) is 9.26. The molecule has 2 bridgehead atoms. The molecule has 3 nitrogen and oxygen atoms in total. The molecule has 2 saturated heterocycles. The Hall–Kier alpha value is -1.84. The van der Waals surface area contributed by atoms with Crippen molar-refractivity contribution in [2.45, 2.75) is 56.8 Å². The van der Waals surface area contributed by atoms with Crippen molar-refractivity contribution >= 4 is 0 Å². The standard InChI is InChI=1S/C22H27NO2/c1-16-12-18(8-11-21(16)25-2)22(24)13-19-9-10-20(14-22)23(19)15-17-6-4-3-5-7-17/h3-8,11-12,19-20,24H,9-10,13-15H2,1-2H3. The van der Waals surface area contributed by atoms with Gasteiger partial charge in [-0.25, -0.2) is 0 Å². The predicted molar refractivity (Wildman–Crippen MR) is 99.7 cm³/mol. The van der Waals surface area contributed by atoms with Gasteiger partial charge in [-0.3, -0.25) is 4.90 Å². The third-order valence-corrected chi connectivity index (χ3v) is 6.06. The highest BCUT2D eigenvalue weighted by Crippen LogP contribution is 2.46. The lowest BCUT2D eigenvalue weighted by molar-refractivity contribution is -0.0595. The van der Waals surface area contributed by atoms with Crippen molar-refractivity contribution in [3.8, 4) is 5.75 Å². The Morgan fingerprint density at radius 1 is 1.08 bits per heavy atom. The Labute approximate surface area is 150 Å². The molecule has 2 atom stereocenters. The third kappa shape index (κ3) is 3.07. The second-order valence-corrected chi connectivity index (χ2v) is 7.67. The van der Waals surface area contributed by atoms with Crippen LogP contribution in [0.3, 0.4) is 0 Å². The zero-order valence-electron chi connectivity index (χ0n) is 15.1. The highest BCUT2D eigenvalue weighted by atomic mass is 16.5. The van der Waals surface area contributed by atoms with Gasteiger partial charge in [-0.05, 0) is 61.4 Å². The van der Waals surface area contributed by atoms with E-state index in [0.717, 1.165) is 36.3 Å². The Kier molecular flexibility index (Phi) is 4.30. The Bertz CT molecular complexity index is 729. The summed E-state index contributed by atoms with van der Waals surface area (Å²) in [5.74, 6) is 0.886. The first kappa shape index (κ1) is 16.6. The van der Waals surface area contributed by atoms with Gasteiger partial charge < -0.3 is 9.84 Å². The van der Waals surface area contributed by atoms with Crippen molar-refractivity contribution in [1.29, 1.82) is 0 Å². The van der Waals surface area contributed by atoms with Crippen molar-refractivity contribution in [1.82, 2.24) is 4.90 Å². The molecule has 0 aliphatic carbocycles. The molecule has 1 N–H and O–H groups in total. The first-order chi connectivity index (χ1) is 12.1. The largest absolute Gasteiger partial charge is 0.496 e. The summed E-state index contributed by atoms with van der Waals surface area (Å²) in [6.07, 6.45) is 4.02. The molecule has 0 saturated carbocycles. The summed E-state index contributed by atoms with van der Waals surface area (Å²) in [6, 6.07) is 17.7. The third-order valence-electron chi connectivity index (χ3n) is 6.06. The first-order valence-electron chi connectivity index (χ1n) is 9.26. The molecule has 25 heavy (non-hydrogen) atoms. The van der Waals surface area contributed by atoms with E-state index in [1.807, 2.05) is 19.1 Å². The van der Waals surface area contributed by atoms with Crippen LogP contribution < -0.4 is 4.74 Å². The topological polar surface area (TPSA) is 32.7 Å². The molecule has 3 heteroatoms. The number of rotatable bonds is 4. The van der Waals surface area contributed by atoms with Crippen LogP contribution in [0.5, 0.6) is 5.75 Å². The van der Waals surface area contributed by atoms with E-state index in [9.17, 15) is 5.11 Å². The van der Waals surface area contributed by atoms with Crippen LogP contribution in [0.1, 0.15) is 42.4 Å². The van der Waals surface area contributed by atoms with Crippen molar-refractivity contribution in [3.63, 3.8) is 0 Å². The van der Waals surface area contributed by atoms with Crippen LogP contribution in [0.4, 0.5) is 0 Å². The Balaban J connectivity index is 1.55. The Morgan fingerprint density at radius 3 is 2.36 bits per heavy atom. The summed E-state index contributed by atoms with van der Waals surface area (Å²) in [4.78, 5) is 2.61. The average Bonchev–Trinajstić information content (AvgIpc) is 2.86. The molecule has 0 amide bonds. The highest BCUT2D eigenvalue weighted by Gasteiger charge is 2.48. The van der Waals surface area contributed by atoms with Gasteiger partial charge in [-0.1, -0.05) is 36.4 Å². The van der Waals surface area contributed by atoms with E-state index >= 15 is 0 Å². The number of benzene rings is 2. The predicted octanol–water partition coefficient (Wildman–Crippen LogP) is 4.02. The van der Waals surface area contributed by atoms with Gasteiger partial charge >= 0.3 is 0 Å². The van der Waals surface area contributed by atoms with E-state index in [-0.39, 0.29) is 0 Å². The van der Waals surface area contributed by atoms with Crippen LogP contribution in [0.15, 0.2) is 48.5 Å². The summed E-state index contributed by atoms with van der Waals surface area (Å²) in [5.41, 5.74) is 2.79. The SMILES string of the molecule is COc1ccc(C2(O)CC3CCC(C2)N3Cc2ccccc2)cc1C. The maximum absolute atomic E-state index is 11.4. The molecule has 2 unspecified atom stereocenters. The fourth-order valence-electron chi connectivity index (χ4n) is 4.77. The van der Waals surface area contributed by atoms with Gasteiger partial charge in [0.05, 0.1) is 12.7 Å². The van der Waals surface area contributed by atoms with Crippen molar-refractivity contribution in [2.24, 2.45) is 0 Å². The molecule has 4 rings (SSSR count). The molecular weight excluding hydrogens is 310 g/mol. The van der Waals surface area contributed by atoms with E-state index in [1.54, 1.807) is 7.11 Å². The highest BCUT2D eigenvalue weighted by molar-refractivity contribution is 5.39. The fraction of sp³-hybridized carbons (Fsp3) is 0.455. The zero-order chi connectivity index (χ0) is 17.4. The van der Waals surface area contributed by atoms with Crippen LogP contribution in [0, 0.1) is 6.92 Å². The average molecular weight is 337 g/mol. The number of methoxy groups -OCH3 is 1. The second kappa shape index (κ2) is 6.47. The summed E-state index contributed by atoms with van der Waals surface area (Å²) in [7, 11) is 1.69. The summed E-state index contributed by atoms with van der Waals surface area (Å²) in [6.45, 7) is 3.04. The van der Waals surface area contributed by atoms with Crippen LogP contribution in [-0.2, 0) is 12.1 Å². The van der Waals surface area contributed by atoms with Gasteiger partial charge in [0.15, 0.2) is 0 Å². The quantitative estimate of drug-likeness (QED) is 0.915. The number of aryl methyl sites for hydroxylation is 1. The van der Waals surface area contributed by atoms with Crippen molar-refractivity contribution in [3.05, 3.63) is 65.2 Å². The smallest absolute Gasteiger partial charge is 0.121 e. The molecule has 2 heterocycles. The van der Waals surface area contributed by atoms with Crippen LogP contribution >= 0.6 is 0 Å². The number of ether oxygens (including phenoxy) is 1. The number of nitrogens with zero attached hydrogens (tertiary/aromatic N) is 1. The van der Waals surface area contributed by atoms with Gasteiger partial charge in [-0.15, -0.1) is 0 Å². The summed E-state index contributed by atoms with van der Waals surface area (Å²) < 4.78 is 5.37. The van der Waals surface area contributed by atoms with Gasteiger partial charge in [0.1, 0.15) is 5.75 Å². The van der Waals surface area contributed by atoms with E-state index in [1.165, 1.54) is 18.4 Å². The molecular formula is C22H27NO2. The van der Waals surface area contributed by atoms with Crippen LogP contribution in [-0.4, -0.2) is 29.2 Å². The number of piperidine rings is 1. The van der Waals surface area contributed by atoms with Crippen LogP contribution in [0.2, 0.25) is 0 Å². The molecule has 132 valence electrons. The minimum atomic E-state index is -0.712. The molecule has 0 radical (unpaired) electrons. The van der Waals surface area contributed by atoms with E-state index < -0.39 is 5.60 Å². The molecule has 0 aromatic heterocycles. The maximum Gasteiger partial charge on any atom is 0.121 e. The van der Waals surface area contributed by atoms with E-state index in [4.69, 9.17) is 4.74 Å². The van der Waals surface area contributed by atoms with Crippen molar-refractivity contribution in [2.75, 3.05) is 7.11 Å². The number of hydrogen-bond acceptors (Lipinski definition) is 3. The Morgan fingerprint density at radius 2 is 1.76 bits per heavy atom. The molecule has 2 fully saturated rings. The zero-order valence-corrected chi connectivity index (χ0v) is 15.1. The number of hydrogen-bond donors (Lipinski definition) is 1. The molecule has 2 aromatic rings. The van der Waals surface area contributed by atoms with Gasteiger partial charge in [0.2, 0.25) is 0 Å². The van der Waals surface area contributed by atoms with E-state index in [2.05, 4.69) is 41.3 Å². The lowest BCUT2D eigenvalue weighted by Gasteiger charge is -2.44. The van der Waals surface area contributed by atoms with Gasteiger partial charge in [0, 0.05) is 18.6 Å². The summed E-state index contributed by atoms with van der Waals surface area (Å²) in [5, 5.41) is 11.4. The molecule has 2 aliphatic heterocycles. The second-order valence-electron chi connectivity index (χ2n) is 7.67. The van der Waals surface area contributed by atoms with Crippen molar-refractivity contribution < 1.29 is 9.84 Å². The molecule has 2 aromatic carbocycles. The lowest BCUT2D eigenvalue weighted by atomic mass is 9.80. The van der Waals surface area contributed by atoms with E-state index in [0.29, 0.717) is 12.1 Å². The molecule has 0 spiro atoms. The van der Waals surface area contributed by atoms with Crippen LogP contribution in [0.25, 0.3) is 0 Å². The fourth-order valence-corrected chi connectivity index (χ4v) is 4.77. The minimum absolute atomic E-state index is 0.464. The van der Waals surface area contributed by atoms with Gasteiger partial charge in [0.25, 0.3) is 0 Å². The minimum Gasteiger partial charge on any atom is -0.496 e. The normalized spacial score (nSPS) is 28.9. The van der Waals surface area contributed by atoms with Gasteiger partial charge in [-0.2, -0.15) is 0 Å². The maximum atomic E-state index is 11.4.